The molecule has 1 aromatic carbocycles. The number of aryl methyl sites for hydroxylation is 2. The standard InChI is InChI=1S/C14H21NO3/c1-8-5-9(2)13(11(6-8)18-4)14(15)10(3)7-12(16)17/h5-6,10,14H,7,15H2,1-4H3,(H,16,17). The molecule has 100 valence electrons. The number of carboxylic acid groups (broad SMARTS) is 1. The van der Waals surface area contributed by atoms with Crippen molar-refractivity contribution in [3.8, 4) is 5.75 Å². The minimum absolute atomic E-state index is 0.0532. The van der Waals surface area contributed by atoms with Crippen LogP contribution < -0.4 is 10.5 Å². The van der Waals surface area contributed by atoms with Gasteiger partial charge in [0.25, 0.3) is 0 Å². The van der Waals surface area contributed by atoms with Crippen LogP contribution >= 0.6 is 0 Å². The molecule has 0 fully saturated rings. The summed E-state index contributed by atoms with van der Waals surface area (Å²) in [5, 5.41) is 8.83. The van der Waals surface area contributed by atoms with Crippen LogP contribution in [0.5, 0.6) is 5.75 Å². The first-order valence-electron chi connectivity index (χ1n) is 5.99. The van der Waals surface area contributed by atoms with Crippen molar-refractivity contribution in [2.45, 2.75) is 33.2 Å². The molecule has 0 aliphatic carbocycles. The van der Waals surface area contributed by atoms with E-state index in [1.165, 1.54) is 0 Å². The van der Waals surface area contributed by atoms with E-state index in [9.17, 15) is 4.79 Å². The molecule has 4 heteroatoms. The second-order valence-corrected chi connectivity index (χ2v) is 4.80. The fourth-order valence-corrected chi connectivity index (χ4v) is 2.22. The van der Waals surface area contributed by atoms with E-state index in [2.05, 4.69) is 0 Å². The molecule has 3 N–H and O–H groups in total. The van der Waals surface area contributed by atoms with Crippen LogP contribution in [0.1, 0.15) is 36.1 Å². The Morgan fingerprint density at radius 3 is 2.56 bits per heavy atom. The average molecular weight is 251 g/mol. The van der Waals surface area contributed by atoms with Crippen LogP contribution in [-0.4, -0.2) is 18.2 Å². The number of hydrogen-bond acceptors (Lipinski definition) is 3. The molecule has 0 aromatic heterocycles. The van der Waals surface area contributed by atoms with Crippen LogP contribution in [0, 0.1) is 19.8 Å². The number of rotatable bonds is 5. The molecule has 0 spiro atoms. The van der Waals surface area contributed by atoms with Gasteiger partial charge in [0.2, 0.25) is 0 Å². The van der Waals surface area contributed by atoms with Crippen molar-refractivity contribution < 1.29 is 14.6 Å². The molecule has 0 saturated heterocycles. The molecule has 0 aliphatic heterocycles. The zero-order valence-corrected chi connectivity index (χ0v) is 11.4. The highest BCUT2D eigenvalue weighted by Gasteiger charge is 2.22. The lowest BCUT2D eigenvalue weighted by Gasteiger charge is -2.23. The Hall–Kier alpha value is -1.55. The number of nitrogens with two attached hydrogens (primary N) is 1. The minimum Gasteiger partial charge on any atom is -0.496 e. The Bertz CT molecular complexity index is 443. The smallest absolute Gasteiger partial charge is 0.303 e. The van der Waals surface area contributed by atoms with Gasteiger partial charge in [-0.1, -0.05) is 13.0 Å². The summed E-state index contributed by atoms with van der Waals surface area (Å²) < 4.78 is 5.36. The normalized spacial score (nSPS) is 14.1. The largest absolute Gasteiger partial charge is 0.496 e. The first-order valence-corrected chi connectivity index (χ1v) is 5.99. The topological polar surface area (TPSA) is 72.5 Å². The fourth-order valence-electron chi connectivity index (χ4n) is 2.22. The Balaban J connectivity index is 3.11. The van der Waals surface area contributed by atoms with Gasteiger partial charge in [0, 0.05) is 18.0 Å². The van der Waals surface area contributed by atoms with Crippen LogP contribution in [0.25, 0.3) is 0 Å². The molecule has 18 heavy (non-hydrogen) atoms. The maximum absolute atomic E-state index is 10.8. The van der Waals surface area contributed by atoms with Crippen molar-refractivity contribution in [2.75, 3.05) is 7.11 Å². The number of benzene rings is 1. The molecular weight excluding hydrogens is 230 g/mol. The lowest BCUT2D eigenvalue weighted by atomic mass is 9.88. The Morgan fingerprint density at radius 1 is 1.44 bits per heavy atom. The van der Waals surface area contributed by atoms with E-state index in [-0.39, 0.29) is 18.4 Å². The quantitative estimate of drug-likeness (QED) is 0.843. The van der Waals surface area contributed by atoms with Crippen LogP contribution in [0.4, 0.5) is 0 Å². The fraction of sp³-hybridized carbons (Fsp3) is 0.500. The minimum atomic E-state index is -0.832. The lowest BCUT2D eigenvalue weighted by Crippen LogP contribution is -2.23. The molecule has 2 unspecified atom stereocenters. The third-order valence-corrected chi connectivity index (χ3v) is 3.16. The Kier molecular flexibility index (Phi) is 4.73. The molecule has 2 atom stereocenters. The van der Waals surface area contributed by atoms with Gasteiger partial charge >= 0.3 is 5.97 Å². The maximum atomic E-state index is 10.8. The number of aliphatic carboxylic acids is 1. The van der Waals surface area contributed by atoms with E-state index in [1.807, 2.05) is 32.9 Å². The number of ether oxygens (including phenoxy) is 1. The van der Waals surface area contributed by atoms with Gasteiger partial charge in [-0.05, 0) is 37.0 Å². The second kappa shape index (κ2) is 5.87. The van der Waals surface area contributed by atoms with Gasteiger partial charge in [0.15, 0.2) is 0 Å². The van der Waals surface area contributed by atoms with Gasteiger partial charge in [-0.2, -0.15) is 0 Å². The van der Waals surface area contributed by atoms with Gasteiger partial charge in [-0.3, -0.25) is 4.79 Å². The van der Waals surface area contributed by atoms with E-state index in [0.717, 1.165) is 22.4 Å². The molecule has 1 rings (SSSR count). The van der Waals surface area contributed by atoms with Crippen LogP contribution in [0.2, 0.25) is 0 Å². The summed E-state index contributed by atoms with van der Waals surface area (Å²) in [4.78, 5) is 10.8. The van der Waals surface area contributed by atoms with Crippen molar-refractivity contribution in [3.63, 3.8) is 0 Å². The molecule has 4 nitrogen and oxygen atoms in total. The highest BCUT2D eigenvalue weighted by atomic mass is 16.5. The van der Waals surface area contributed by atoms with E-state index in [1.54, 1.807) is 7.11 Å². The maximum Gasteiger partial charge on any atom is 0.303 e. The third-order valence-electron chi connectivity index (χ3n) is 3.16. The van der Waals surface area contributed by atoms with Gasteiger partial charge in [0.05, 0.1) is 7.11 Å². The second-order valence-electron chi connectivity index (χ2n) is 4.80. The van der Waals surface area contributed by atoms with Crippen molar-refractivity contribution >= 4 is 5.97 Å². The van der Waals surface area contributed by atoms with Crippen molar-refractivity contribution in [2.24, 2.45) is 11.7 Å². The van der Waals surface area contributed by atoms with E-state index >= 15 is 0 Å². The Labute approximate surface area is 108 Å². The average Bonchev–Trinajstić information content (AvgIpc) is 2.26. The van der Waals surface area contributed by atoms with Crippen LogP contribution in [0.3, 0.4) is 0 Å². The van der Waals surface area contributed by atoms with Gasteiger partial charge < -0.3 is 15.6 Å². The molecule has 1 aromatic rings. The Morgan fingerprint density at radius 2 is 2.06 bits per heavy atom. The molecule has 0 radical (unpaired) electrons. The van der Waals surface area contributed by atoms with Gasteiger partial charge in [-0.15, -0.1) is 0 Å². The van der Waals surface area contributed by atoms with Crippen LogP contribution in [-0.2, 0) is 4.79 Å². The third kappa shape index (κ3) is 3.23. The lowest BCUT2D eigenvalue weighted by molar-refractivity contribution is -0.138. The van der Waals surface area contributed by atoms with E-state index < -0.39 is 5.97 Å². The van der Waals surface area contributed by atoms with Crippen molar-refractivity contribution in [1.29, 1.82) is 0 Å². The molecule has 0 amide bonds. The molecule has 0 saturated carbocycles. The number of methoxy groups -OCH3 is 1. The summed E-state index contributed by atoms with van der Waals surface area (Å²) in [7, 11) is 1.60. The number of hydrogen-bond donors (Lipinski definition) is 2. The molecular formula is C14H21NO3. The number of carboxylic acids is 1. The summed E-state index contributed by atoms with van der Waals surface area (Å²) >= 11 is 0. The summed E-state index contributed by atoms with van der Waals surface area (Å²) in [5.74, 6) is -0.239. The van der Waals surface area contributed by atoms with Crippen molar-refractivity contribution in [1.82, 2.24) is 0 Å². The summed E-state index contributed by atoms with van der Waals surface area (Å²) in [5.41, 5.74) is 9.21. The predicted molar refractivity (Wildman–Crippen MR) is 70.8 cm³/mol. The highest BCUT2D eigenvalue weighted by Crippen LogP contribution is 2.33. The molecule has 0 heterocycles. The molecule has 0 aliphatic rings. The van der Waals surface area contributed by atoms with Crippen LogP contribution in [0.15, 0.2) is 12.1 Å². The first kappa shape index (κ1) is 14.5. The summed E-state index contributed by atoms with van der Waals surface area (Å²) in [6, 6.07) is 3.62. The molecule has 0 bridgehead atoms. The summed E-state index contributed by atoms with van der Waals surface area (Å²) in [6.45, 7) is 5.81. The van der Waals surface area contributed by atoms with E-state index in [0.29, 0.717) is 0 Å². The monoisotopic (exact) mass is 251 g/mol. The van der Waals surface area contributed by atoms with Gasteiger partial charge in [-0.25, -0.2) is 0 Å². The SMILES string of the molecule is COc1cc(C)cc(C)c1C(N)C(C)CC(=O)O. The van der Waals surface area contributed by atoms with Gasteiger partial charge in [0.1, 0.15) is 5.75 Å². The number of carbonyl (C=O) groups is 1. The predicted octanol–water partition coefficient (Wildman–Crippen LogP) is 2.42. The van der Waals surface area contributed by atoms with E-state index in [4.69, 9.17) is 15.6 Å². The first-order chi connectivity index (χ1) is 8.36. The summed E-state index contributed by atoms with van der Waals surface area (Å²) in [6.07, 6.45) is 0.0532. The van der Waals surface area contributed by atoms with Crippen molar-refractivity contribution in [3.05, 3.63) is 28.8 Å². The zero-order valence-electron chi connectivity index (χ0n) is 11.4. The highest BCUT2D eigenvalue weighted by molar-refractivity contribution is 5.67. The zero-order chi connectivity index (χ0) is 13.9.